The Bertz CT molecular complexity index is 796. The number of fused-ring (bicyclic) bond motifs is 1. The van der Waals surface area contributed by atoms with E-state index in [0.717, 1.165) is 15.4 Å². The molecule has 0 saturated heterocycles. The summed E-state index contributed by atoms with van der Waals surface area (Å²) >= 11 is 3.41. The summed E-state index contributed by atoms with van der Waals surface area (Å²) in [5.74, 6) is -0.353. The third-order valence-electron chi connectivity index (χ3n) is 3.10. The SMILES string of the molecule is O=C(NCc1ccc(F)cc1)c1cc2c(Br)cccc2o1. The molecule has 3 aromatic rings. The highest BCUT2D eigenvalue weighted by Crippen LogP contribution is 2.26. The zero-order valence-corrected chi connectivity index (χ0v) is 12.5. The van der Waals surface area contributed by atoms with Crippen molar-refractivity contribution in [2.24, 2.45) is 0 Å². The Morgan fingerprint density at radius 3 is 2.67 bits per heavy atom. The Hall–Kier alpha value is -2.14. The molecule has 5 heteroatoms. The van der Waals surface area contributed by atoms with Gasteiger partial charge in [0.05, 0.1) is 0 Å². The molecule has 1 heterocycles. The van der Waals surface area contributed by atoms with E-state index in [-0.39, 0.29) is 17.5 Å². The average molecular weight is 348 g/mol. The molecule has 1 amide bonds. The first kappa shape index (κ1) is 13.8. The van der Waals surface area contributed by atoms with Gasteiger partial charge in [-0.25, -0.2) is 4.39 Å². The smallest absolute Gasteiger partial charge is 0.287 e. The summed E-state index contributed by atoms with van der Waals surface area (Å²) in [5.41, 5.74) is 1.47. The van der Waals surface area contributed by atoms with Gasteiger partial charge in [-0.2, -0.15) is 0 Å². The van der Waals surface area contributed by atoms with E-state index in [2.05, 4.69) is 21.2 Å². The molecule has 0 spiro atoms. The Morgan fingerprint density at radius 1 is 1.19 bits per heavy atom. The highest BCUT2D eigenvalue weighted by molar-refractivity contribution is 9.10. The second kappa shape index (κ2) is 5.69. The van der Waals surface area contributed by atoms with E-state index in [1.807, 2.05) is 12.1 Å². The van der Waals surface area contributed by atoms with Crippen LogP contribution in [0.1, 0.15) is 16.1 Å². The lowest BCUT2D eigenvalue weighted by atomic mass is 10.2. The number of furan rings is 1. The first-order valence-electron chi connectivity index (χ1n) is 6.34. The number of benzene rings is 2. The Labute approximate surface area is 128 Å². The minimum absolute atomic E-state index is 0.249. The van der Waals surface area contributed by atoms with E-state index in [1.54, 1.807) is 24.3 Å². The number of amides is 1. The summed E-state index contributed by atoms with van der Waals surface area (Å²) in [6.45, 7) is 0.317. The third kappa shape index (κ3) is 2.97. The van der Waals surface area contributed by atoms with Crippen LogP contribution < -0.4 is 5.32 Å². The van der Waals surface area contributed by atoms with Crippen LogP contribution >= 0.6 is 15.9 Å². The molecule has 106 valence electrons. The number of hydrogen-bond acceptors (Lipinski definition) is 2. The summed E-state index contributed by atoms with van der Waals surface area (Å²) in [6, 6.07) is 13.2. The van der Waals surface area contributed by atoms with Gasteiger partial charge in [-0.05, 0) is 35.9 Å². The molecule has 0 aliphatic carbocycles. The topological polar surface area (TPSA) is 42.2 Å². The number of carbonyl (C=O) groups is 1. The molecular weight excluding hydrogens is 337 g/mol. The predicted molar refractivity (Wildman–Crippen MR) is 81.5 cm³/mol. The number of carbonyl (C=O) groups excluding carboxylic acids is 1. The van der Waals surface area contributed by atoms with E-state index in [1.165, 1.54) is 12.1 Å². The van der Waals surface area contributed by atoms with Gasteiger partial charge in [0.15, 0.2) is 5.76 Å². The Balaban J connectivity index is 1.75. The molecule has 1 aromatic heterocycles. The number of hydrogen-bond donors (Lipinski definition) is 1. The molecule has 3 rings (SSSR count). The summed E-state index contributed by atoms with van der Waals surface area (Å²) < 4.78 is 19.2. The molecule has 2 aromatic carbocycles. The van der Waals surface area contributed by atoms with Crippen molar-refractivity contribution < 1.29 is 13.6 Å². The van der Waals surface area contributed by atoms with E-state index in [9.17, 15) is 9.18 Å². The van der Waals surface area contributed by atoms with Crippen molar-refractivity contribution >= 4 is 32.8 Å². The summed E-state index contributed by atoms with van der Waals surface area (Å²) in [6.07, 6.45) is 0. The maximum absolute atomic E-state index is 12.8. The zero-order valence-electron chi connectivity index (χ0n) is 10.9. The molecule has 0 aliphatic rings. The normalized spacial score (nSPS) is 10.8. The quantitative estimate of drug-likeness (QED) is 0.768. The average Bonchev–Trinajstić information content (AvgIpc) is 2.92. The van der Waals surface area contributed by atoms with Crippen LogP contribution in [0.3, 0.4) is 0 Å². The zero-order chi connectivity index (χ0) is 14.8. The summed E-state index contributed by atoms with van der Waals surface area (Å²) in [7, 11) is 0. The van der Waals surface area contributed by atoms with Gasteiger partial charge in [-0.15, -0.1) is 0 Å². The maximum atomic E-state index is 12.8. The Kier molecular flexibility index (Phi) is 3.75. The van der Waals surface area contributed by atoms with Crippen molar-refractivity contribution in [1.82, 2.24) is 5.32 Å². The standard InChI is InChI=1S/C16H11BrFNO2/c17-13-2-1-3-14-12(13)8-15(21-14)16(20)19-9-10-4-6-11(18)7-5-10/h1-8H,9H2,(H,19,20). The molecule has 21 heavy (non-hydrogen) atoms. The van der Waals surface area contributed by atoms with Gasteiger partial charge >= 0.3 is 0 Å². The minimum Gasteiger partial charge on any atom is -0.451 e. The molecule has 3 nitrogen and oxygen atoms in total. The molecule has 0 aliphatic heterocycles. The predicted octanol–water partition coefficient (Wildman–Crippen LogP) is 4.26. The fourth-order valence-electron chi connectivity index (χ4n) is 2.01. The number of halogens is 2. The second-order valence-corrected chi connectivity index (χ2v) is 5.43. The van der Waals surface area contributed by atoms with E-state index >= 15 is 0 Å². The highest BCUT2D eigenvalue weighted by Gasteiger charge is 2.13. The van der Waals surface area contributed by atoms with Gasteiger partial charge in [0, 0.05) is 16.4 Å². The molecular formula is C16H11BrFNO2. The lowest BCUT2D eigenvalue weighted by Gasteiger charge is -2.03. The van der Waals surface area contributed by atoms with Crippen LogP contribution in [0.4, 0.5) is 4.39 Å². The van der Waals surface area contributed by atoms with Gasteiger partial charge in [-0.1, -0.05) is 34.1 Å². The van der Waals surface area contributed by atoms with Crippen molar-refractivity contribution in [2.75, 3.05) is 0 Å². The van der Waals surface area contributed by atoms with Crippen LogP contribution in [0.15, 0.2) is 57.4 Å². The summed E-state index contributed by atoms with van der Waals surface area (Å²) in [4.78, 5) is 12.1. The molecule has 0 unspecified atom stereocenters. The van der Waals surface area contributed by atoms with Crippen molar-refractivity contribution in [1.29, 1.82) is 0 Å². The van der Waals surface area contributed by atoms with E-state index in [0.29, 0.717) is 12.1 Å². The van der Waals surface area contributed by atoms with Gasteiger partial charge < -0.3 is 9.73 Å². The van der Waals surface area contributed by atoms with Crippen LogP contribution in [-0.4, -0.2) is 5.91 Å². The fourth-order valence-corrected chi connectivity index (χ4v) is 2.47. The van der Waals surface area contributed by atoms with Crippen LogP contribution in [0, 0.1) is 5.82 Å². The monoisotopic (exact) mass is 347 g/mol. The van der Waals surface area contributed by atoms with Gasteiger partial charge in [-0.3, -0.25) is 4.79 Å². The number of nitrogens with one attached hydrogen (secondary N) is 1. The first-order chi connectivity index (χ1) is 10.1. The van der Waals surface area contributed by atoms with Gasteiger partial charge in [0.1, 0.15) is 11.4 Å². The van der Waals surface area contributed by atoms with Crippen molar-refractivity contribution in [2.45, 2.75) is 6.54 Å². The third-order valence-corrected chi connectivity index (χ3v) is 3.79. The van der Waals surface area contributed by atoms with Crippen molar-refractivity contribution in [3.05, 3.63) is 70.1 Å². The maximum Gasteiger partial charge on any atom is 0.287 e. The van der Waals surface area contributed by atoms with Gasteiger partial charge in [0.25, 0.3) is 5.91 Å². The largest absolute Gasteiger partial charge is 0.451 e. The molecule has 0 radical (unpaired) electrons. The molecule has 0 atom stereocenters. The van der Waals surface area contributed by atoms with Crippen LogP contribution in [0.25, 0.3) is 11.0 Å². The molecule has 1 N–H and O–H groups in total. The van der Waals surface area contributed by atoms with E-state index in [4.69, 9.17) is 4.42 Å². The van der Waals surface area contributed by atoms with Crippen LogP contribution in [0.2, 0.25) is 0 Å². The van der Waals surface area contributed by atoms with Crippen molar-refractivity contribution in [3.63, 3.8) is 0 Å². The fraction of sp³-hybridized carbons (Fsp3) is 0.0625. The highest BCUT2D eigenvalue weighted by atomic mass is 79.9. The second-order valence-electron chi connectivity index (χ2n) is 4.57. The van der Waals surface area contributed by atoms with Gasteiger partial charge in [0.2, 0.25) is 0 Å². The van der Waals surface area contributed by atoms with Crippen LogP contribution in [0.5, 0.6) is 0 Å². The lowest BCUT2D eigenvalue weighted by Crippen LogP contribution is -2.22. The number of rotatable bonds is 3. The summed E-state index contributed by atoms with van der Waals surface area (Å²) in [5, 5.41) is 3.60. The van der Waals surface area contributed by atoms with Crippen LogP contribution in [-0.2, 0) is 6.54 Å². The van der Waals surface area contributed by atoms with E-state index < -0.39 is 0 Å². The first-order valence-corrected chi connectivity index (χ1v) is 7.13. The molecule has 0 fully saturated rings. The van der Waals surface area contributed by atoms with Crippen molar-refractivity contribution in [3.8, 4) is 0 Å². The molecule has 0 saturated carbocycles. The molecule has 0 bridgehead atoms. The minimum atomic E-state index is -0.303. The lowest BCUT2D eigenvalue weighted by molar-refractivity contribution is 0.0925. The Morgan fingerprint density at radius 2 is 1.95 bits per heavy atom.